The highest BCUT2D eigenvalue weighted by Crippen LogP contribution is 2.33. The second-order valence-electron chi connectivity index (χ2n) is 8.31. The van der Waals surface area contributed by atoms with Gasteiger partial charge in [-0.05, 0) is 44.0 Å². The fourth-order valence-corrected chi connectivity index (χ4v) is 4.57. The van der Waals surface area contributed by atoms with Gasteiger partial charge in [-0.1, -0.05) is 42.7 Å². The van der Waals surface area contributed by atoms with Gasteiger partial charge >= 0.3 is 11.9 Å². The molecule has 0 saturated heterocycles. The van der Waals surface area contributed by atoms with Crippen LogP contribution in [0.15, 0.2) is 48.5 Å². The predicted molar refractivity (Wildman–Crippen MR) is 115 cm³/mol. The third kappa shape index (κ3) is 3.40. The predicted octanol–water partition coefficient (Wildman–Crippen LogP) is 2.78. The maximum atomic E-state index is 13.5. The van der Waals surface area contributed by atoms with Gasteiger partial charge in [0.15, 0.2) is 12.3 Å². The number of imide groups is 1. The van der Waals surface area contributed by atoms with Gasteiger partial charge in [-0.15, -0.1) is 4.90 Å². The molecule has 158 valence electrons. The largest absolute Gasteiger partial charge is 0.506 e. The second kappa shape index (κ2) is 7.65. The Kier molecular flexibility index (Phi) is 4.81. The monoisotopic (exact) mass is 418 g/mol. The molecule has 5 rings (SSSR count). The summed E-state index contributed by atoms with van der Waals surface area (Å²) in [5.74, 6) is -0.141. The zero-order chi connectivity index (χ0) is 21.5. The molecule has 31 heavy (non-hydrogen) atoms. The highest BCUT2D eigenvalue weighted by atomic mass is 16.5. The Morgan fingerprint density at radius 1 is 1.10 bits per heavy atom. The van der Waals surface area contributed by atoms with Crippen LogP contribution in [-0.4, -0.2) is 46.8 Å². The van der Waals surface area contributed by atoms with Gasteiger partial charge in [-0.2, -0.15) is 9.37 Å². The number of rotatable bonds is 4. The van der Waals surface area contributed by atoms with Gasteiger partial charge in [0.1, 0.15) is 11.4 Å². The Morgan fingerprint density at radius 3 is 2.55 bits per heavy atom. The third-order valence-electron chi connectivity index (χ3n) is 6.13. The van der Waals surface area contributed by atoms with Crippen LogP contribution in [0.2, 0.25) is 0 Å². The normalized spacial score (nSPS) is 20.5. The van der Waals surface area contributed by atoms with Gasteiger partial charge in [0, 0.05) is 6.04 Å². The fourth-order valence-electron chi connectivity index (χ4n) is 4.57. The molecule has 3 aliphatic rings. The molecule has 7 heteroatoms. The van der Waals surface area contributed by atoms with Crippen LogP contribution in [0.5, 0.6) is 5.75 Å². The SMILES string of the molecule is Cc1ccc(N2C(=O)C3Oc4ccccc4C3=[N+](CC(=O)NC3CCCC3)C2=O)cc1. The number of aryl methyl sites for hydroxylation is 1. The summed E-state index contributed by atoms with van der Waals surface area (Å²) in [5.41, 5.74) is 2.59. The molecule has 2 aliphatic heterocycles. The fraction of sp³-hybridized carbons (Fsp3) is 0.333. The minimum absolute atomic E-state index is 0.148. The lowest BCUT2D eigenvalue weighted by Crippen LogP contribution is -2.59. The van der Waals surface area contributed by atoms with E-state index in [1.165, 1.54) is 4.58 Å². The number of fused-ring (bicyclic) bond motifs is 3. The van der Waals surface area contributed by atoms with Crippen LogP contribution >= 0.6 is 0 Å². The van der Waals surface area contributed by atoms with E-state index >= 15 is 0 Å². The standard InChI is InChI=1S/C24H23N3O4/c1-15-10-12-17(13-11-15)27-23(29)22-21(18-8-4-5-9-19(18)31-22)26(24(27)30)14-20(28)25-16-6-2-3-7-16/h4-5,8-13,16,22H,2-3,6-7,14H2,1H3/p+1. The number of amides is 4. The number of benzene rings is 2. The highest BCUT2D eigenvalue weighted by Gasteiger charge is 2.54. The van der Waals surface area contributed by atoms with Crippen molar-refractivity contribution in [3.63, 3.8) is 0 Å². The zero-order valence-corrected chi connectivity index (χ0v) is 17.3. The number of nitrogens with zero attached hydrogens (tertiary/aromatic N) is 2. The van der Waals surface area contributed by atoms with E-state index in [1.54, 1.807) is 18.2 Å². The molecule has 0 aromatic heterocycles. The van der Waals surface area contributed by atoms with Gasteiger partial charge in [-0.25, -0.2) is 4.79 Å². The average molecular weight is 418 g/mol. The van der Waals surface area contributed by atoms with E-state index in [0.29, 0.717) is 22.7 Å². The van der Waals surface area contributed by atoms with Crippen molar-refractivity contribution in [3.05, 3.63) is 59.7 Å². The Labute approximate surface area is 180 Å². The Hall–Kier alpha value is -3.48. The van der Waals surface area contributed by atoms with E-state index in [9.17, 15) is 14.4 Å². The second-order valence-corrected chi connectivity index (χ2v) is 8.31. The Bertz CT molecular complexity index is 1100. The lowest BCUT2D eigenvalue weighted by atomic mass is 10.0. The molecule has 1 fully saturated rings. The highest BCUT2D eigenvalue weighted by molar-refractivity contribution is 6.29. The molecule has 0 spiro atoms. The number of ether oxygens (including phenoxy) is 1. The first-order valence-corrected chi connectivity index (χ1v) is 10.7. The van der Waals surface area contributed by atoms with Crippen LogP contribution in [0, 0.1) is 6.92 Å². The molecule has 1 aliphatic carbocycles. The van der Waals surface area contributed by atoms with Crippen molar-refractivity contribution < 1.29 is 23.7 Å². The molecule has 1 N–H and O–H groups in total. The van der Waals surface area contributed by atoms with Crippen molar-refractivity contribution >= 4 is 29.2 Å². The van der Waals surface area contributed by atoms with Crippen molar-refractivity contribution in [2.75, 3.05) is 11.4 Å². The summed E-state index contributed by atoms with van der Waals surface area (Å²) >= 11 is 0. The molecule has 2 heterocycles. The molecule has 1 unspecified atom stereocenters. The maximum Gasteiger partial charge on any atom is 0.506 e. The molecule has 1 saturated carbocycles. The molecular formula is C24H24N3O4+. The van der Waals surface area contributed by atoms with Crippen molar-refractivity contribution in [2.45, 2.75) is 44.8 Å². The zero-order valence-electron chi connectivity index (χ0n) is 17.3. The first-order chi connectivity index (χ1) is 15.0. The topological polar surface area (TPSA) is 78.7 Å². The lowest BCUT2D eigenvalue weighted by Gasteiger charge is -2.24. The third-order valence-corrected chi connectivity index (χ3v) is 6.13. The van der Waals surface area contributed by atoms with Crippen LogP contribution in [-0.2, 0) is 9.59 Å². The molecule has 2 aromatic carbocycles. The summed E-state index contributed by atoms with van der Waals surface area (Å²) in [6, 6.07) is 14.0. The summed E-state index contributed by atoms with van der Waals surface area (Å²) in [6.07, 6.45) is 3.15. The number of para-hydroxylation sites is 1. The number of hydrogen-bond donors (Lipinski definition) is 1. The molecule has 4 amide bonds. The minimum Gasteiger partial charge on any atom is -0.469 e. The first-order valence-electron chi connectivity index (χ1n) is 10.7. The number of urea groups is 1. The summed E-state index contributed by atoms with van der Waals surface area (Å²) in [6.45, 7) is 1.78. The molecule has 7 nitrogen and oxygen atoms in total. The van der Waals surface area contributed by atoms with Crippen LogP contribution in [0.4, 0.5) is 10.5 Å². The number of hydrogen-bond acceptors (Lipinski definition) is 4. The molecular weight excluding hydrogens is 394 g/mol. The van der Waals surface area contributed by atoms with Crippen molar-refractivity contribution in [3.8, 4) is 5.75 Å². The Balaban J connectivity index is 1.55. The number of anilines is 1. The van der Waals surface area contributed by atoms with E-state index in [4.69, 9.17) is 4.74 Å². The molecule has 1 atom stereocenters. The van der Waals surface area contributed by atoms with Gasteiger partial charge in [-0.3, -0.25) is 4.79 Å². The maximum absolute atomic E-state index is 13.5. The van der Waals surface area contributed by atoms with Crippen LogP contribution in [0.25, 0.3) is 0 Å². The van der Waals surface area contributed by atoms with Crippen molar-refractivity contribution in [1.29, 1.82) is 0 Å². The summed E-state index contributed by atoms with van der Waals surface area (Å²) in [4.78, 5) is 40.8. The van der Waals surface area contributed by atoms with Crippen molar-refractivity contribution in [1.82, 2.24) is 5.32 Å². The van der Waals surface area contributed by atoms with E-state index in [2.05, 4.69) is 5.32 Å². The van der Waals surface area contributed by atoms with Gasteiger partial charge in [0.05, 0.1) is 5.56 Å². The molecule has 0 radical (unpaired) electrons. The number of nitrogens with one attached hydrogen (secondary N) is 1. The Morgan fingerprint density at radius 2 is 1.81 bits per heavy atom. The van der Waals surface area contributed by atoms with Crippen LogP contribution in [0.3, 0.4) is 0 Å². The van der Waals surface area contributed by atoms with E-state index in [-0.39, 0.29) is 18.5 Å². The number of carbonyl (C=O) groups excluding carboxylic acids is 3. The number of carbonyl (C=O) groups is 3. The van der Waals surface area contributed by atoms with Gasteiger partial charge in [0.25, 0.3) is 12.0 Å². The molecule has 2 aromatic rings. The van der Waals surface area contributed by atoms with Crippen molar-refractivity contribution in [2.24, 2.45) is 0 Å². The van der Waals surface area contributed by atoms with E-state index < -0.39 is 18.0 Å². The summed E-state index contributed by atoms with van der Waals surface area (Å²) in [7, 11) is 0. The lowest BCUT2D eigenvalue weighted by molar-refractivity contribution is -0.417. The van der Waals surface area contributed by atoms with Gasteiger partial charge < -0.3 is 10.1 Å². The minimum atomic E-state index is -0.962. The summed E-state index contributed by atoms with van der Waals surface area (Å²) < 4.78 is 7.33. The quantitative estimate of drug-likeness (QED) is 0.775. The first kappa shape index (κ1) is 19.5. The average Bonchev–Trinajstić information content (AvgIpc) is 3.40. The smallest absolute Gasteiger partial charge is 0.469 e. The molecule has 0 bridgehead atoms. The van der Waals surface area contributed by atoms with Crippen LogP contribution < -0.4 is 15.0 Å². The van der Waals surface area contributed by atoms with Crippen LogP contribution in [0.1, 0.15) is 36.8 Å². The van der Waals surface area contributed by atoms with E-state index in [1.807, 2.05) is 37.3 Å². The van der Waals surface area contributed by atoms with Gasteiger partial charge in [0.2, 0.25) is 0 Å². The van der Waals surface area contributed by atoms with E-state index in [0.717, 1.165) is 36.1 Å². The summed E-state index contributed by atoms with van der Waals surface area (Å²) in [5, 5.41) is 3.03.